The van der Waals surface area contributed by atoms with E-state index in [0.717, 1.165) is 6.34 Å². The van der Waals surface area contributed by atoms with Crippen LogP contribution in [0.15, 0.2) is 42.5 Å². The zero-order chi connectivity index (χ0) is 22.4. The lowest BCUT2D eigenvalue weighted by molar-refractivity contribution is -0.176. The fraction of sp³-hybridized carbons (Fsp3) is 0.227. The van der Waals surface area contributed by atoms with Crippen molar-refractivity contribution < 1.29 is 13.9 Å². The predicted molar refractivity (Wildman–Crippen MR) is 115 cm³/mol. The summed E-state index contributed by atoms with van der Waals surface area (Å²) in [6, 6.07) is 12.2. The van der Waals surface area contributed by atoms with Crippen molar-refractivity contribution in [2.45, 2.75) is 24.4 Å². The van der Waals surface area contributed by atoms with Crippen LogP contribution in [0.3, 0.4) is 0 Å². The molecule has 0 saturated heterocycles. The van der Waals surface area contributed by atoms with E-state index in [1.807, 2.05) is 6.07 Å². The molecule has 3 N–H and O–H groups in total. The molecule has 1 fully saturated rings. The van der Waals surface area contributed by atoms with Gasteiger partial charge >= 0.3 is 0 Å². The first-order valence-corrected chi connectivity index (χ1v) is 9.73. The monoisotopic (exact) mass is 441 g/mol. The lowest BCUT2D eigenvalue weighted by Gasteiger charge is -2.39. The van der Waals surface area contributed by atoms with Gasteiger partial charge in [-0.25, -0.2) is 8.78 Å². The lowest BCUT2D eigenvalue weighted by Crippen LogP contribution is -2.50. The van der Waals surface area contributed by atoms with Crippen molar-refractivity contribution in [1.82, 2.24) is 9.55 Å². The van der Waals surface area contributed by atoms with Crippen LogP contribution in [-0.4, -0.2) is 39.6 Å². The summed E-state index contributed by atoms with van der Waals surface area (Å²) in [5.41, 5.74) is 0.0251. The van der Waals surface area contributed by atoms with Crippen LogP contribution >= 0.6 is 11.6 Å². The molecule has 1 aromatic heterocycles. The molecule has 6 nitrogen and oxygen atoms in total. The van der Waals surface area contributed by atoms with Crippen molar-refractivity contribution in [3.63, 3.8) is 0 Å². The summed E-state index contributed by atoms with van der Waals surface area (Å²) in [7, 11) is 1.77. The van der Waals surface area contributed by atoms with Gasteiger partial charge < -0.3 is 10.0 Å². The first kappa shape index (κ1) is 21.0. The molecule has 1 heterocycles. The number of rotatable bonds is 3. The van der Waals surface area contributed by atoms with E-state index >= 15 is 0 Å². The Kier molecular flexibility index (Phi) is 5.04. The molecule has 1 aliphatic rings. The Balaban J connectivity index is 1.73. The molecule has 1 saturated carbocycles. The molecule has 1 aliphatic carbocycles. The normalized spacial score (nSPS) is 16.2. The SMILES string of the molecule is CN(c1cccc(C#CC2(O)CC(F)(F)C2)c1)c1nc(=N)n(C=N)c2cc(Cl)ccc12. The van der Waals surface area contributed by atoms with Crippen LogP contribution in [0.1, 0.15) is 18.4 Å². The molecule has 0 amide bonds. The van der Waals surface area contributed by atoms with Crippen LogP contribution in [-0.2, 0) is 0 Å². The topological polar surface area (TPSA) is 89.0 Å². The summed E-state index contributed by atoms with van der Waals surface area (Å²) < 4.78 is 27.5. The van der Waals surface area contributed by atoms with Crippen molar-refractivity contribution in [2.75, 3.05) is 11.9 Å². The Morgan fingerprint density at radius 2 is 2.00 bits per heavy atom. The Hall–Kier alpha value is -3.28. The maximum absolute atomic E-state index is 13.1. The van der Waals surface area contributed by atoms with Crippen LogP contribution in [0, 0.1) is 22.7 Å². The zero-order valence-electron chi connectivity index (χ0n) is 16.5. The van der Waals surface area contributed by atoms with E-state index in [4.69, 9.17) is 22.4 Å². The molecule has 0 aliphatic heterocycles. The standard InChI is InChI=1S/C22H18ClF2N5O/c1-29(19-17-6-5-15(23)10-18(17)30(13-26)20(27)28-19)16-4-2-3-14(9-16)7-8-21(31)11-22(24,25)12-21/h2-6,9-10,13,26-27,31H,11-12H2,1H3. The number of hydrogen-bond acceptors (Lipinski definition) is 5. The van der Waals surface area contributed by atoms with E-state index in [0.29, 0.717) is 33.0 Å². The van der Waals surface area contributed by atoms with Crippen molar-refractivity contribution in [3.8, 4) is 11.8 Å². The van der Waals surface area contributed by atoms with Gasteiger partial charge in [0.1, 0.15) is 11.4 Å². The molecular weight excluding hydrogens is 424 g/mol. The average Bonchev–Trinajstić information content (AvgIpc) is 2.70. The van der Waals surface area contributed by atoms with Crippen molar-refractivity contribution in [1.29, 1.82) is 10.8 Å². The highest BCUT2D eigenvalue weighted by Gasteiger charge is 2.55. The summed E-state index contributed by atoms with van der Waals surface area (Å²) in [6.07, 6.45) is -0.314. The van der Waals surface area contributed by atoms with Gasteiger partial charge in [-0.1, -0.05) is 29.5 Å². The molecule has 0 bridgehead atoms. The summed E-state index contributed by atoms with van der Waals surface area (Å²) in [5, 5.41) is 27.0. The fourth-order valence-electron chi connectivity index (χ4n) is 3.60. The smallest absolute Gasteiger partial charge is 0.255 e. The summed E-state index contributed by atoms with van der Waals surface area (Å²) in [4.78, 5) is 6.10. The summed E-state index contributed by atoms with van der Waals surface area (Å²) in [5.74, 6) is 2.95. The quantitative estimate of drug-likeness (QED) is 0.327. The van der Waals surface area contributed by atoms with Crippen LogP contribution in [0.2, 0.25) is 5.02 Å². The van der Waals surface area contributed by atoms with E-state index in [9.17, 15) is 13.9 Å². The van der Waals surface area contributed by atoms with Gasteiger partial charge in [0.15, 0.2) is 0 Å². The second-order valence-corrected chi connectivity index (χ2v) is 7.96. The third-order valence-corrected chi connectivity index (χ3v) is 5.36. The average molecular weight is 442 g/mol. The Morgan fingerprint density at radius 3 is 2.68 bits per heavy atom. The molecule has 0 spiro atoms. The maximum atomic E-state index is 13.1. The number of anilines is 2. The molecule has 2 aromatic carbocycles. The van der Waals surface area contributed by atoms with Crippen molar-refractivity contribution in [3.05, 3.63) is 58.7 Å². The van der Waals surface area contributed by atoms with E-state index < -0.39 is 24.4 Å². The number of halogens is 3. The van der Waals surface area contributed by atoms with Gasteiger partial charge in [-0.05, 0) is 36.4 Å². The number of aliphatic hydroxyl groups is 1. The number of nitrogens with one attached hydrogen (secondary N) is 2. The highest BCUT2D eigenvalue weighted by molar-refractivity contribution is 6.31. The minimum atomic E-state index is -2.87. The maximum Gasteiger partial charge on any atom is 0.255 e. The van der Waals surface area contributed by atoms with Crippen LogP contribution < -0.4 is 10.5 Å². The second kappa shape index (κ2) is 7.45. The van der Waals surface area contributed by atoms with E-state index in [1.54, 1.807) is 48.3 Å². The first-order chi connectivity index (χ1) is 14.6. The third-order valence-electron chi connectivity index (χ3n) is 5.12. The van der Waals surface area contributed by atoms with E-state index in [2.05, 4.69) is 16.8 Å². The number of aromatic nitrogens is 2. The molecule has 0 unspecified atom stereocenters. The molecule has 158 valence electrons. The molecule has 31 heavy (non-hydrogen) atoms. The molecule has 0 radical (unpaired) electrons. The summed E-state index contributed by atoms with van der Waals surface area (Å²) in [6.45, 7) is 0. The predicted octanol–water partition coefficient (Wildman–Crippen LogP) is 3.90. The minimum Gasteiger partial charge on any atom is -0.377 e. The highest BCUT2D eigenvalue weighted by Crippen LogP contribution is 2.45. The zero-order valence-corrected chi connectivity index (χ0v) is 17.2. The molecular formula is C22H18ClF2N5O. The van der Waals surface area contributed by atoms with Gasteiger partial charge in [0.05, 0.1) is 24.7 Å². The number of benzene rings is 2. The number of fused-ring (bicyclic) bond motifs is 1. The molecule has 0 atom stereocenters. The van der Waals surface area contributed by atoms with Gasteiger partial charge in [-0.3, -0.25) is 15.4 Å². The second-order valence-electron chi connectivity index (χ2n) is 7.52. The summed E-state index contributed by atoms with van der Waals surface area (Å²) >= 11 is 6.11. The molecule has 4 rings (SSSR count). The van der Waals surface area contributed by atoms with Crippen molar-refractivity contribution >= 4 is 40.3 Å². The fourth-order valence-corrected chi connectivity index (χ4v) is 3.77. The van der Waals surface area contributed by atoms with Crippen LogP contribution in [0.4, 0.5) is 20.3 Å². The van der Waals surface area contributed by atoms with Gasteiger partial charge in [0.25, 0.3) is 5.92 Å². The lowest BCUT2D eigenvalue weighted by atomic mass is 9.77. The Morgan fingerprint density at radius 1 is 1.26 bits per heavy atom. The minimum absolute atomic E-state index is 0.129. The highest BCUT2D eigenvalue weighted by atomic mass is 35.5. The van der Waals surface area contributed by atoms with E-state index in [1.165, 1.54) is 4.57 Å². The first-order valence-electron chi connectivity index (χ1n) is 9.35. The van der Waals surface area contributed by atoms with E-state index in [-0.39, 0.29) is 5.62 Å². The van der Waals surface area contributed by atoms with Gasteiger partial charge in [-0.15, -0.1) is 0 Å². The van der Waals surface area contributed by atoms with Crippen LogP contribution in [0.25, 0.3) is 10.9 Å². The number of nitrogens with zero attached hydrogens (tertiary/aromatic N) is 3. The molecule has 9 heteroatoms. The Labute approximate surface area is 181 Å². The third kappa shape index (κ3) is 4.02. The van der Waals surface area contributed by atoms with Crippen LogP contribution in [0.5, 0.6) is 0 Å². The Bertz CT molecular complexity index is 1320. The van der Waals surface area contributed by atoms with Gasteiger partial charge in [-0.2, -0.15) is 4.98 Å². The largest absolute Gasteiger partial charge is 0.377 e. The molecule has 3 aromatic rings. The van der Waals surface area contributed by atoms with Crippen molar-refractivity contribution in [2.24, 2.45) is 0 Å². The number of alkyl halides is 2. The number of hydrogen-bond donors (Lipinski definition) is 3. The van der Waals surface area contributed by atoms with Gasteiger partial charge in [0.2, 0.25) is 5.62 Å². The van der Waals surface area contributed by atoms with Gasteiger partial charge in [0, 0.05) is 28.7 Å².